The highest BCUT2D eigenvalue weighted by Gasteiger charge is 2.14. The van der Waals surface area contributed by atoms with Crippen molar-refractivity contribution >= 4 is 21.6 Å². The summed E-state index contributed by atoms with van der Waals surface area (Å²) in [5.74, 6) is 1.62. The average molecular weight is 234 g/mol. The van der Waals surface area contributed by atoms with Crippen molar-refractivity contribution in [2.75, 3.05) is 19.7 Å². The van der Waals surface area contributed by atoms with Gasteiger partial charge >= 0.3 is 0 Å². The van der Waals surface area contributed by atoms with E-state index >= 15 is 0 Å². The fraction of sp³-hybridized carbons (Fsp3) is 0.417. The second kappa shape index (κ2) is 4.39. The van der Waals surface area contributed by atoms with Crippen LogP contribution in [0.2, 0.25) is 0 Å². The van der Waals surface area contributed by atoms with E-state index < -0.39 is 0 Å². The Labute approximate surface area is 98.6 Å². The van der Waals surface area contributed by atoms with Gasteiger partial charge in [-0.15, -0.1) is 0 Å². The molecule has 1 aliphatic heterocycles. The maximum absolute atomic E-state index is 5.80. The van der Waals surface area contributed by atoms with Gasteiger partial charge in [0.25, 0.3) is 0 Å². The lowest BCUT2D eigenvalue weighted by molar-refractivity contribution is 0.260. The van der Waals surface area contributed by atoms with Crippen molar-refractivity contribution in [2.45, 2.75) is 6.42 Å². The Morgan fingerprint density at radius 2 is 2.50 bits per heavy atom. The van der Waals surface area contributed by atoms with E-state index in [4.69, 9.17) is 4.74 Å². The first-order valence-electron chi connectivity index (χ1n) is 5.60. The van der Waals surface area contributed by atoms with Crippen molar-refractivity contribution in [1.82, 2.24) is 9.69 Å². The Bertz CT molecular complexity index is 477. The largest absolute Gasteiger partial charge is 0.493 e. The van der Waals surface area contributed by atoms with Gasteiger partial charge in [-0.25, -0.2) is 0 Å². The molecule has 1 atom stereocenters. The first kappa shape index (κ1) is 10.1. The second-order valence-corrected chi connectivity index (χ2v) is 5.03. The summed E-state index contributed by atoms with van der Waals surface area (Å²) in [7, 11) is 0. The summed E-state index contributed by atoms with van der Waals surface area (Å²) >= 11 is 1.52. The zero-order chi connectivity index (χ0) is 10.8. The number of hydrogen-bond acceptors (Lipinski definition) is 4. The van der Waals surface area contributed by atoms with Crippen molar-refractivity contribution in [3.8, 4) is 5.75 Å². The molecule has 2 aromatic rings. The highest BCUT2D eigenvalue weighted by Crippen LogP contribution is 2.23. The van der Waals surface area contributed by atoms with Crippen LogP contribution in [0.3, 0.4) is 0 Å². The van der Waals surface area contributed by atoms with Gasteiger partial charge in [0, 0.05) is 24.0 Å². The highest BCUT2D eigenvalue weighted by molar-refractivity contribution is 7.13. The Morgan fingerprint density at radius 3 is 3.38 bits per heavy atom. The summed E-state index contributed by atoms with van der Waals surface area (Å²) in [5, 5.41) is 4.52. The van der Waals surface area contributed by atoms with E-state index in [0.717, 1.165) is 25.4 Å². The first-order chi connectivity index (χ1) is 7.92. The minimum Gasteiger partial charge on any atom is -0.493 e. The van der Waals surface area contributed by atoms with Crippen LogP contribution >= 0.6 is 11.5 Å². The zero-order valence-corrected chi connectivity index (χ0v) is 9.80. The third-order valence-electron chi connectivity index (χ3n) is 2.97. The summed E-state index contributed by atoms with van der Waals surface area (Å²) in [5.41, 5.74) is 0. The Balaban J connectivity index is 1.68. The molecular formula is C12H14N2OS. The van der Waals surface area contributed by atoms with E-state index in [9.17, 15) is 0 Å². The smallest absolute Gasteiger partial charge is 0.120 e. The van der Waals surface area contributed by atoms with Crippen LogP contribution in [0, 0.1) is 5.92 Å². The molecule has 84 valence electrons. The number of nitrogens with zero attached hydrogens (tertiary/aromatic N) is 1. The molecule has 16 heavy (non-hydrogen) atoms. The molecule has 4 heteroatoms. The molecule has 0 bridgehead atoms. The molecule has 0 aliphatic carbocycles. The van der Waals surface area contributed by atoms with Crippen LogP contribution < -0.4 is 10.1 Å². The lowest BCUT2D eigenvalue weighted by Gasteiger charge is -2.10. The van der Waals surface area contributed by atoms with Crippen molar-refractivity contribution in [3.05, 3.63) is 24.4 Å². The van der Waals surface area contributed by atoms with Crippen LogP contribution in [0.25, 0.3) is 10.1 Å². The predicted octanol–water partition coefficient (Wildman–Crippen LogP) is 2.28. The summed E-state index contributed by atoms with van der Waals surface area (Å²) in [6, 6.07) is 6.18. The Morgan fingerprint density at radius 1 is 1.50 bits per heavy atom. The minimum atomic E-state index is 0.663. The quantitative estimate of drug-likeness (QED) is 0.884. The molecule has 1 fully saturated rings. The van der Waals surface area contributed by atoms with Gasteiger partial charge in [0.2, 0.25) is 0 Å². The molecule has 1 N–H and O–H groups in total. The van der Waals surface area contributed by atoms with Crippen LogP contribution in [0.15, 0.2) is 24.4 Å². The van der Waals surface area contributed by atoms with E-state index in [1.54, 1.807) is 0 Å². The lowest BCUT2D eigenvalue weighted by atomic mass is 10.1. The van der Waals surface area contributed by atoms with Gasteiger partial charge in [-0.2, -0.15) is 4.37 Å². The van der Waals surface area contributed by atoms with Gasteiger partial charge in [-0.1, -0.05) is 0 Å². The first-order valence-corrected chi connectivity index (χ1v) is 6.37. The summed E-state index contributed by atoms with van der Waals surface area (Å²) < 4.78 is 11.2. The van der Waals surface area contributed by atoms with Crippen LogP contribution in [-0.2, 0) is 0 Å². The molecule has 1 aliphatic rings. The van der Waals surface area contributed by atoms with Crippen molar-refractivity contribution in [1.29, 1.82) is 0 Å². The third kappa shape index (κ3) is 2.03. The standard InChI is InChI=1S/C12H14N2OS/c1-2-12-10(7-14-16-12)5-11(1)15-8-9-3-4-13-6-9/h1-2,5,7,9,13H,3-4,6,8H2. The van der Waals surface area contributed by atoms with E-state index in [1.807, 2.05) is 12.3 Å². The van der Waals surface area contributed by atoms with Gasteiger partial charge in [0.05, 0.1) is 11.3 Å². The number of benzene rings is 1. The predicted molar refractivity (Wildman–Crippen MR) is 66.1 cm³/mol. The van der Waals surface area contributed by atoms with Gasteiger partial charge in [-0.3, -0.25) is 0 Å². The minimum absolute atomic E-state index is 0.663. The molecule has 0 spiro atoms. The summed E-state index contributed by atoms with van der Waals surface area (Å²) in [4.78, 5) is 0. The molecular weight excluding hydrogens is 220 g/mol. The van der Waals surface area contributed by atoms with Crippen LogP contribution in [0.4, 0.5) is 0 Å². The summed E-state index contributed by atoms with van der Waals surface area (Å²) in [6.07, 6.45) is 3.12. The Hall–Kier alpha value is -1.13. The number of aromatic nitrogens is 1. The number of ether oxygens (including phenoxy) is 1. The van der Waals surface area contributed by atoms with Crippen molar-refractivity contribution < 1.29 is 4.74 Å². The van der Waals surface area contributed by atoms with Crippen LogP contribution in [0.5, 0.6) is 5.75 Å². The fourth-order valence-electron chi connectivity index (χ4n) is 2.01. The molecule has 2 heterocycles. The molecule has 3 nitrogen and oxygen atoms in total. The molecule has 0 amide bonds. The molecule has 0 saturated carbocycles. The van der Waals surface area contributed by atoms with Crippen molar-refractivity contribution in [3.63, 3.8) is 0 Å². The highest BCUT2D eigenvalue weighted by atomic mass is 32.1. The molecule has 0 radical (unpaired) electrons. The number of nitrogens with one attached hydrogen (secondary N) is 1. The average Bonchev–Trinajstić information content (AvgIpc) is 2.97. The van der Waals surface area contributed by atoms with Gasteiger partial charge in [0.1, 0.15) is 5.75 Å². The topological polar surface area (TPSA) is 34.1 Å². The van der Waals surface area contributed by atoms with E-state index in [-0.39, 0.29) is 0 Å². The molecule has 1 saturated heterocycles. The van der Waals surface area contributed by atoms with Crippen LogP contribution in [-0.4, -0.2) is 24.1 Å². The maximum atomic E-state index is 5.80. The summed E-state index contributed by atoms with van der Waals surface area (Å²) in [6.45, 7) is 3.03. The van der Waals surface area contributed by atoms with Crippen LogP contribution in [0.1, 0.15) is 6.42 Å². The monoisotopic (exact) mass is 234 g/mol. The van der Waals surface area contributed by atoms with Gasteiger partial charge < -0.3 is 10.1 Å². The maximum Gasteiger partial charge on any atom is 0.120 e. The zero-order valence-electron chi connectivity index (χ0n) is 8.98. The molecule has 1 aromatic carbocycles. The van der Waals surface area contributed by atoms with E-state index in [1.165, 1.54) is 28.0 Å². The lowest BCUT2D eigenvalue weighted by Crippen LogP contribution is -2.15. The Kier molecular flexibility index (Phi) is 2.76. The van der Waals surface area contributed by atoms with E-state index in [0.29, 0.717) is 5.92 Å². The normalized spacial score (nSPS) is 20.4. The van der Waals surface area contributed by atoms with E-state index in [2.05, 4.69) is 21.8 Å². The molecule has 1 unspecified atom stereocenters. The molecule has 3 rings (SSSR count). The number of rotatable bonds is 3. The molecule has 1 aromatic heterocycles. The fourth-order valence-corrected chi connectivity index (χ4v) is 2.64. The number of fused-ring (bicyclic) bond motifs is 1. The van der Waals surface area contributed by atoms with Gasteiger partial charge in [0.15, 0.2) is 0 Å². The number of hydrogen-bond donors (Lipinski definition) is 1. The van der Waals surface area contributed by atoms with Crippen molar-refractivity contribution in [2.24, 2.45) is 5.92 Å². The second-order valence-electron chi connectivity index (χ2n) is 4.20. The third-order valence-corrected chi connectivity index (χ3v) is 3.75. The SMILES string of the molecule is c1cc2sncc2cc1OCC1CCNC1. The van der Waals surface area contributed by atoms with Gasteiger partial charge in [-0.05, 0) is 42.7 Å².